The van der Waals surface area contributed by atoms with Gasteiger partial charge in [-0.1, -0.05) is 105 Å². The van der Waals surface area contributed by atoms with Crippen molar-refractivity contribution in [3.8, 4) is 0 Å². The van der Waals surface area contributed by atoms with Crippen LogP contribution in [0.25, 0.3) is 0 Å². The van der Waals surface area contributed by atoms with Gasteiger partial charge in [0.15, 0.2) is 29.1 Å². The molecule has 10 N–H and O–H groups in total. The number of amides is 5. The Hall–Kier alpha value is -4.96. The lowest BCUT2D eigenvalue weighted by atomic mass is 9.86. The molecule has 19 nitrogen and oxygen atoms in total. The van der Waals surface area contributed by atoms with Gasteiger partial charge in [-0.3, -0.25) is 52.9 Å². The molecule has 2 saturated heterocycles. The van der Waals surface area contributed by atoms with Crippen LogP contribution in [0.15, 0.2) is 35.3 Å². The zero-order valence-electron chi connectivity index (χ0n) is 40.0. The number of Topliss-reactive ketones (excluding diaryl/α,β-unsaturated/α-hetero) is 4. The normalized spacial score (nSPS) is 24.8. The maximum atomic E-state index is 14.5. The fourth-order valence-electron chi connectivity index (χ4n) is 7.71. The second-order valence-electron chi connectivity index (χ2n) is 18.5. The van der Waals surface area contributed by atoms with Gasteiger partial charge in [-0.2, -0.15) is 0 Å². The third-order valence-corrected chi connectivity index (χ3v) is 15.0. The number of fused-ring (bicyclic) bond motifs is 5. The number of nitrogens with one attached hydrogen (secondary N) is 5. The summed E-state index contributed by atoms with van der Waals surface area (Å²) in [4.78, 5) is 142. The standard InChI is InChI=1S/C47H70N8O11S3.H2/c1-5-6-7-11-16-33-45(66)54-35-26-69-68-25-34(53-44(65)31(22-40(60)61)19-32(56)23-51-42(63)29(20-37(35)57)15-12-17-50-46(48)49)38(58)21-30(18-28-13-9-8-10-14-28)43(64)55-36(41(62)47(2,3)4)24-67-27-39(59)52-33;/h8-10,13-14,29-31,33-36H,5-7,11-12,15-27H2,1-4H3,(H,51,63)(H,52,59)(H,53,65)(H,54,66)(H,55,64)(H,60,61)(H4,48,49,50);1H/t29-,30-,31+,33+,34+,35+,36+;/m1./s1. The number of hydrogen-bond donors (Lipinski definition) is 8. The number of hydrogen-bond acceptors (Lipinski definition) is 14. The summed E-state index contributed by atoms with van der Waals surface area (Å²) in [5.41, 5.74) is 10.8. The summed E-state index contributed by atoms with van der Waals surface area (Å²) in [6, 6.07) is 4.18. The summed E-state index contributed by atoms with van der Waals surface area (Å²) in [6.07, 6.45) is 1.60. The number of thioether (sulfide) groups is 1. The molecule has 2 aliphatic rings. The molecule has 22 heteroatoms. The van der Waals surface area contributed by atoms with E-state index in [1.54, 1.807) is 51.1 Å². The molecular weight excluding hydrogens is 949 g/mol. The first-order valence-electron chi connectivity index (χ1n) is 23.4. The first-order valence-corrected chi connectivity index (χ1v) is 27.1. The molecule has 1 aromatic rings. The predicted molar refractivity (Wildman–Crippen MR) is 270 cm³/mol. The maximum Gasteiger partial charge on any atom is 0.304 e. The van der Waals surface area contributed by atoms with Crippen molar-refractivity contribution < 1.29 is 54.5 Å². The molecule has 0 radical (unpaired) electrons. The van der Waals surface area contributed by atoms with Gasteiger partial charge in [-0.05, 0) is 31.2 Å². The van der Waals surface area contributed by atoms with Crippen molar-refractivity contribution in [2.75, 3.05) is 36.1 Å². The number of carboxylic acid groups (broad SMARTS) is 1. The van der Waals surface area contributed by atoms with Crippen LogP contribution in [0, 0.1) is 23.2 Å². The van der Waals surface area contributed by atoms with Crippen molar-refractivity contribution in [3.63, 3.8) is 0 Å². The monoisotopic (exact) mass is 1020 g/mol. The number of unbranched alkanes of at least 4 members (excludes halogenated alkanes) is 3. The highest BCUT2D eigenvalue weighted by molar-refractivity contribution is 8.76. The van der Waals surface area contributed by atoms with Crippen molar-refractivity contribution in [1.82, 2.24) is 26.6 Å². The van der Waals surface area contributed by atoms with Crippen LogP contribution in [0.4, 0.5) is 0 Å². The lowest BCUT2D eigenvalue weighted by molar-refractivity contribution is -0.142. The lowest BCUT2D eigenvalue weighted by Gasteiger charge is -2.28. The number of ketones is 4. The quantitative estimate of drug-likeness (QED) is 0.0575. The fraction of sp³-hybridized carbons (Fsp3) is 0.638. The van der Waals surface area contributed by atoms with E-state index in [1.807, 2.05) is 6.92 Å². The van der Waals surface area contributed by atoms with Crippen LogP contribution < -0.4 is 38.1 Å². The molecule has 5 amide bonds. The smallest absolute Gasteiger partial charge is 0.304 e. The molecule has 2 bridgehead atoms. The third-order valence-electron chi connectivity index (χ3n) is 11.5. The highest BCUT2D eigenvalue weighted by Gasteiger charge is 2.37. The van der Waals surface area contributed by atoms with Crippen molar-refractivity contribution in [2.24, 2.45) is 39.6 Å². The minimum Gasteiger partial charge on any atom is -0.481 e. The van der Waals surface area contributed by atoms with Gasteiger partial charge < -0.3 is 43.2 Å². The van der Waals surface area contributed by atoms with Gasteiger partial charge in [0.25, 0.3) is 0 Å². The van der Waals surface area contributed by atoms with Crippen molar-refractivity contribution >= 4 is 97.9 Å². The Bertz CT molecular complexity index is 2000. The summed E-state index contributed by atoms with van der Waals surface area (Å²) < 4.78 is 0. The molecule has 0 aromatic heterocycles. The van der Waals surface area contributed by atoms with Gasteiger partial charge in [0.05, 0.1) is 42.8 Å². The van der Waals surface area contributed by atoms with Gasteiger partial charge in [-0.15, -0.1) is 11.8 Å². The van der Waals surface area contributed by atoms with E-state index >= 15 is 0 Å². The molecule has 384 valence electrons. The molecule has 69 heavy (non-hydrogen) atoms. The van der Waals surface area contributed by atoms with Crippen molar-refractivity contribution in [1.29, 1.82) is 0 Å². The minimum atomic E-state index is -1.45. The van der Waals surface area contributed by atoms with Crippen LogP contribution in [0.1, 0.15) is 105 Å². The molecule has 0 saturated carbocycles. The van der Waals surface area contributed by atoms with Gasteiger partial charge in [0.1, 0.15) is 6.04 Å². The van der Waals surface area contributed by atoms with E-state index in [2.05, 4.69) is 31.6 Å². The summed E-state index contributed by atoms with van der Waals surface area (Å²) >= 11 is 1.07. The Morgan fingerprint density at radius 3 is 1.97 bits per heavy atom. The molecule has 0 aliphatic carbocycles. The Morgan fingerprint density at radius 2 is 1.36 bits per heavy atom. The van der Waals surface area contributed by atoms with Crippen molar-refractivity contribution in [2.45, 2.75) is 129 Å². The topological polar surface area (TPSA) is 315 Å². The predicted octanol–water partition coefficient (Wildman–Crippen LogP) is 2.51. The molecule has 0 spiro atoms. The van der Waals surface area contributed by atoms with Gasteiger partial charge in [-0.25, -0.2) is 0 Å². The highest BCUT2D eigenvalue weighted by Crippen LogP contribution is 2.27. The number of aliphatic imine (C=N–C) groups is 1. The molecule has 1 aromatic carbocycles. The largest absolute Gasteiger partial charge is 0.481 e. The Labute approximate surface area is 417 Å². The highest BCUT2D eigenvalue weighted by atomic mass is 33.1. The fourth-order valence-corrected chi connectivity index (χ4v) is 11.0. The second-order valence-corrected chi connectivity index (χ2v) is 22.1. The number of carbonyl (C=O) groups excluding carboxylic acids is 9. The van der Waals surface area contributed by atoms with Crippen LogP contribution in [-0.2, 0) is 54.4 Å². The van der Waals surface area contributed by atoms with E-state index in [0.29, 0.717) is 12.0 Å². The zero-order valence-corrected chi connectivity index (χ0v) is 42.5. The van der Waals surface area contributed by atoms with Gasteiger partial charge in [0.2, 0.25) is 29.5 Å². The van der Waals surface area contributed by atoms with Crippen LogP contribution in [0.5, 0.6) is 0 Å². The number of rotatable bonds is 14. The van der Waals surface area contributed by atoms with Crippen molar-refractivity contribution in [3.05, 3.63) is 35.9 Å². The first-order chi connectivity index (χ1) is 32.7. The van der Waals surface area contributed by atoms with E-state index in [1.165, 1.54) is 0 Å². The average Bonchev–Trinajstić information content (AvgIpc) is 3.28. The maximum absolute atomic E-state index is 14.5. The number of nitrogens with two attached hydrogens (primary N) is 2. The second kappa shape index (κ2) is 29.9. The van der Waals surface area contributed by atoms with Crippen LogP contribution in [-0.4, -0.2) is 130 Å². The third kappa shape index (κ3) is 21.7. The number of benzene rings is 1. The molecule has 2 aliphatic heterocycles. The van der Waals surface area contributed by atoms with E-state index < -0.39 is 126 Å². The SMILES string of the molecule is CCCCCC[C@@H]1NC(=O)CSC[C@@H](C(=O)C(C)(C)C)NC(=O)[C@H](Cc2ccccc2)CC(=O)[C@@H]2CSSC[C@H](NC1=O)C(=O)C[C@@H](CCCN=C(N)N)C(=O)NCC(=O)C[C@@H](CC(=O)O)C(=O)N2.[HH]. The number of guanidine groups is 1. The molecule has 3 rings (SSSR count). The molecule has 2 fully saturated rings. The first kappa shape index (κ1) is 58.4. The average molecular weight is 1020 g/mol. The van der Waals surface area contributed by atoms with E-state index in [0.717, 1.165) is 52.6 Å². The zero-order chi connectivity index (χ0) is 51.1. The van der Waals surface area contributed by atoms with Gasteiger partial charge in [0, 0.05) is 61.7 Å². The van der Waals surface area contributed by atoms with E-state index in [9.17, 15) is 53.1 Å². The summed E-state index contributed by atoms with van der Waals surface area (Å²) in [5.74, 6) is -11.1. The Balaban J connectivity index is 0.0000168. The number of carboxylic acids is 1. The van der Waals surface area contributed by atoms with Crippen LogP contribution >= 0.6 is 33.3 Å². The van der Waals surface area contributed by atoms with Crippen LogP contribution in [0.2, 0.25) is 0 Å². The molecule has 7 atom stereocenters. The number of nitrogens with zero attached hydrogens (tertiary/aromatic N) is 1. The van der Waals surface area contributed by atoms with E-state index in [-0.39, 0.29) is 74.8 Å². The lowest BCUT2D eigenvalue weighted by Crippen LogP contribution is -2.53. The van der Waals surface area contributed by atoms with Gasteiger partial charge >= 0.3 is 5.97 Å². The summed E-state index contributed by atoms with van der Waals surface area (Å²) in [6.45, 7) is 6.64. The molecule has 2 heterocycles. The Morgan fingerprint density at radius 1 is 0.739 bits per heavy atom. The molecular formula is C47H72N8O11S3. The number of carbonyl (C=O) groups is 10. The van der Waals surface area contributed by atoms with Crippen LogP contribution in [0.3, 0.4) is 0 Å². The van der Waals surface area contributed by atoms with E-state index in [4.69, 9.17) is 11.5 Å². The number of aliphatic carboxylic acids is 1. The Kier molecular flexibility index (Phi) is 25.3. The summed E-state index contributed by atoms with van der Waals surface area (Å²) in [5, 5.41) is 23.4. The molecule has 0 unspecified atom stereocenters. The minimum absolute atomic E-state index is 0. The summed E-state index contributed by atoms with van der Waals surface area (Å²) in [7, 11) is 2.16.